The molecule has 2 N–H and O–H groups in total. The molecular formula is C17H22N2O4. The smallest absolute Gasteiger partial charge is 0.321 e. The number of amides is 3. The van der Waals surface area contributed by atoms with Crippen molar-refractivity contribution in [3.63, 3.8) is 0 Å². The first-order valence-corrected chi connectivity index (χ1v) is 7.81. The SMILES string of the molecule is CC[C@@H](C)NC(=O)NC(=O)COC(=O)C1(c2ccccc2)CC1. The second-order valence-corrected chi connectivity index (χ2v) is 5.86. The van der Waals surface area contributed by atoms with Crippen LogP contribution in [0.3, 0.4) is 0 Å². The van der Waals surface area contributed by atoms with Crippen LogP contribution < -0.4 is 10.6 Å². The Bertz CT molecular complexity index is 582. The van der Waals surface area contributed by atoms with Gasteiger partial charge >= 0.3 is 12.0 Å². The van der Waals surface area contributed by atoms with Gasteiger partial charge in [0, 0.05) is 6.04 Å². The first kappa shape index (κ1) is 17.0. The maximum absolute atomic E-state index is 12.2. The largest absolute Gasteiger partial charge is 0.455 e. The normalized spacial score (nSPS) is 16.1. The Kier molecular flexibility index (Phi) is 5.36. The third-order valence-corrected chi connectivity index (χ3v) is 4.04. The van der Waals surface area contributed by atoms with E-state index < -0.39 is 29.9 Å². The molecule has 1 fully saturated rings. The van der Waals surface area contributed by atoms with Gasteiger partial charge in [0.2, 0.25) is 0 Å². The van der Waals surface area contributed by atoms with Gasteiger partial charge in [-0.2, -0.15) is 0 Å². The number of benzene rings is 1. The van der Waals surface area contributed by atoms with Crippen LogP contribution in [0.15, 0.2) is 30.3 Å². The number of carbonyl (C=O) groups excluding carboxylic acids is 3. The summed E-state index contributed by atoms with van der Waals surface area (Å²) in [6, 6.07) is 8.78. The minimum Gasteiger partial charge on any atom is -0.455 e. The number of urea groups is 1. The van der Waals surface area contributed by atoms with E-state index in [9.17, 15) is 14.4 Å². The van der Waals surface area contributed by atoms with Crippen molar-refractivity contribution in [2.75, 3.05) is 6.61 Å². The zero-order valence-electron chi connectivity index (χ0n) is 13.4. The van der Waals surface area contributed by atoms with Crippen molar-refractivity contribution in [3.8, 4) is 0 Å². The number of ether oxygens (including phenoxy) is 1. The number of hydrogen-bond donors (Lipinski definition) is 2. The topological polar surface area (TPSA) is 84.5 Å². The summed E-state index contributed by atoms with van der Waals surface area (Å²) >= 11 is 0. The molecule has 0 aliphatic heterocycles. The second kappa shape index (κ2) is 7.26. The Morgan fingerprint density at radius 2 is 1.87 bits per heavy atom. The predicted octanol–water partition coefficient (Wildman–Crippen LogP) is 1.89. The van der Waals surface area contributed by atoms with Crippen LogP contribution in [0, 0.1) is 0 Å². The molecule has 1 atom stereocenters. The number of imide groups is 1. The fraction of sp³-hybridized carbons (Fsp3) is 0.471. The van der Waals surface area contributed by atoms with Crippen molar-refractivity contribution >= 4 is 17.9 Å². The van der Waals surface area contributed by atoms with Gasteiger partial charge in [-0.25, -0.2) is 4.79 Å². The minimum absolute atomic E-state index is 0.0295. The maximum Gasteiger partial charge on any atom is 0.321 e. The third-order valence-electron chi connectivity index (χ3n) is 4.04. The van der Waals surface area contributed by atoms with E-state index >= 15 is 0 Å². The molecule has 124 valence electrons. The summed E-state index contributed by atoms with van der Waals surface area (Å²) in [6.45, 7) is 3.30. The van der Waals surface area contributed by atoms with Crippen LogP contribution in [-0.2, 0) is 19.7 Å². The Morgan fingerprint density at radius 1 is 1.22 bits per heavy atom. The van der Waals surface area contributed by atoms with Gasteiger partial charge in [0.1, 0.15) is 0 Å². The van der Waals surface area contributed by atoms with Crippen molar-refractivity contribution < 1.29 is 19.1 Å². The Balaban J connectivity index is 1.81. The van der Waals surface area contributed by atoms with Crippen molar-refractivity contribution in [1.29, 1.82) is 0 Å². The molecule has 3 amide bonds. The highest BCUT2D eigenvalue weighted by Gasteiger charge is 2.52. The number of hydrogen-bond acceptors (Lipinski definition) is 4. The van der Waals surface area contributed by atoms with E-state index in [1.807, 2.05) is 44.2 Å². The van der Waals surface area contributed by atoms with Gasteiger partial charge in [-0.15, -0.1) is 0 Å². The van der Waals surface area contributed by atoms with E-state index in [0.29, 0.717) is 12.8 Å². The summed E-state index contributed by atoms with van der Waals surface area (Å²) in [5, 5.41) is 4.75. The predicted molar refractivity (Wildman–Crippen MR) is 84.7 cm³/mol. The summed E-state index contributed by atoms with van der Waals surface area (Å²) < 4.78 is 5.09. The zero-order valence-corrected chi connectivity index (χ0v) is 13.4. The van der Waals surface area contributed by atoms with Crippen molar-refractivity contribution in [2.45, 2.75) is 44.6 Å². The van der Waals surface area contributed by atoms with Gasteiger partial charge in [0.15, 0.2) is 6.61 Å². The van der Waals surface area contributed by atoms with Crippen molar-refractivity contribution in [3.05, 3.63) is 35.9 Å². The fourth-order valence-corrected chi connectivity index (χ4v) is 2.29. The van der Waals surface area contributed by atoms with Gasteiger partial charge in [-0.05, 0) is 31.7 Å². The Labute approximate surface area is 135 Å². The van der Waals surface area contributed by atoms with Crippen molar-refractivity contribution in [2.24, 2.45) is 0 Å². The quantitative estimate of drug-likeness (QED) is 0.784. The lowest BCUT2D eigenvalue weighted by atomic mass is 9.96. The molecule has 0 heterocycles. The first-order valence-electron chi connectivity index (χ1n) is 7.81. The highest BCUT2D eigenvalue weighted by molar-refractivity contribution is 5.96. The Hall–Kier alpha value is -2.37. The van der Waals surface area contributed by atoms with E-state index in [1.54, 1.807) is 0 Å². The minimum atomic E-state index is -0.636. The van der Waals surface area contributed by atoms with E-state index in [1.165, 1.54) is 0 Å². The first-order chi connectivity index (χ1) is 11.0. The molecule has 0 saturated heterocycles. The lowest BCUT2D eigenvalue weighted by Crippen LogP contribution is -2.45. The van der Waals surface area contributed by atoms with E-state index in [2.05, 4.69) is 10.6 Å². The van der Waals surface area contributed by atoms with E-state index in [4.69, 9.17) is 4.74 Å². The average Bonchev–Trinajstić information content (AvgIpc) is 3.35. The molecular weight excluding hydrogens is 296 g/mol. The van der Waals surface area contributed by atoms with Crippen LogP contribution in [0.25, 0.3) is 0 Å². The molecule has 0 unspecified atom stereocenters. The zero-order chi connectivity index (χ0) is 16.9. The van der Waals surface area contributed by atoms with Crippen LogP contribution in [0.1, 0.15) is 38.7 Å². The van der Waals surface area contributed by atoms with E-state index in [0.717, 1.165) is 12.0 Å². The highest BCUT2D eigenvalue weighted by Crippen LogP contribution is 2.49. The number of nitrogens with one attached hydrogen (secondary N) is 2. The molecule has 1 aromatic carbocycles. The maximum atomic E-state index is 12.2. The summed E-state index contributed by atoms with van der Waals surface area (Å²) in [5.74, 6) is -1.05. The summed E-state index contributed by atoms with van der Waals surface area (Å²) in [7, 11) is 0. The van der Waals surface area contributed by atoms with Crippen LogP contribution >= 0.6 is 0 Å². The molecule has 6 nitrogen and oxygen atoms in total. The Morgan fingerprint density at radius 3 is 2.43 bits per heavy atom. The lowest BCUT2D eigenvalue weighted by molar-refractivity contribution is -0.150. The van der Waals surface area contributed by atoms with Crippen molar-refractivity contribution in [1.82, 2.24) is 10.6 Å². The number of esters is 1. The molecule has 1 aliphatic rings. The fourth-order valence-electron chi connectivity index (χ4n) is 2.29. The average molecular weight is 318 g/mol. The highest BCUT2D eigenvalue weighted by atomic mass is 16.5. The van der Waals surface area contributed by atoms with Gasteiger partial charge in [-0.3, -0.25) is 14.9 Å². The summed E-state index contributed by atoms with van der Waals surface area (Å²) in [5.41, 5.74) is 0.278. The van der Waals surface area contributed by atoms with Gasteiger partial charge in [-0.1, -0.05) is 37.3 Å². The number of carbonyl (C=O) groups is 3. The lowest BCUT2D eigenvalue weighted by Gasteiger charge is -2.15. The molecule has 0 radical (unpaired) electrons. The van der Waals surface area contributed by atoms with Crippen LogP contribution in [-0.4, -0.2) is 30.6 Å². The van der Waals surface area contributed by atoms with E-state index in [-0.39, 0.29) is 6.04 Å². The standard InChI is InChI=1S/C17H22N2O4/c1-3-12(2)18-16(22)19-14(20)11-23-15(21)17(9-10-17)13-7-5-4-6-8-13/h4-8,12H,3,9-11H2,1-2H3,(H2,18,19,20,22)/t12-/m1/s1. The van der Waals surface area contributed by atoms with Crippen LogP contribution in [0.5, 0.6) is 0 Å². The van der Waals surface area contributed by atoms with Crippen LogP contribution in [0.2, 0.25) is 0 Å². The molecule has 23 heavy (non-hydrogen) atoms. The molecule has 2 rings (SSSR count). The summed E-state index contributed by atoms with van der Waals surface area (Å²) in [6.07, 6.45) is 2.19. The van der Waals surface area contributed by atoms with Gasteiger partial charge in [0.05, 0.1) is 5.41 Å². The summed E-state index contributed by atoms with van der Waals surface area (Å²) in [4.78, 5) is 35.4. The molecule has 1 aromatic rings. The molecule has 0 aromatic heterocycles. The number of rotatable bonds is 6. The van der Waals surface area contributed by atoms with Crippen LogP contribution in [0.4, 0.5) is 4.79 Å². The molecule has 6 heteroatoms. The third kappa shape index (κ3) is 4.31. The molecule has 1 aliphatic carbocycles. The molecule has 0 bridgehead atoms. The second-order valence-electron chi connectivity index (χ2n) is 5.86. The molecule has 1 saturated carbocycles. The molecule has 0 spiro atoms. The van der Waals surface area contributed by atoms with Gasteiger partial charge < -0.3 is 10.1 Å². The monoisotopic (exact) mass is 318 g/mol. The van der Waals surface area contributed by atoms with Gasteiger partial charge in [0.25, 0.3) is 5.91 Å².